The fraction of sp³-hybridized carbons (Fsp3) is 0.771. The Kier molecular flexibility index (Phi) is 7.81. The minimum absolute atomic E-state index is 0.00534. The van der Waals surface area contributed by atoms with Crippen molar-refractivity contribution in [1.82, 2.24) is 4.90 Å². The predicted octanol–water partition coefficient (Wildman–Crippen LogP) is 2.72. The molecule has 13 atom stereocenters. The van der Waals surface area contributed by atoms with Crippen molar-refractivity contribution in [3.63, 3.8) is 0 Å². The molecular formula is C35H49NO10. The molecule has 0 amide bonds. The molecule has 1 aliphatic heterocycles. The van der Waals surface area contributed by atoms with Crippen LogP contribution in [-0.4, -0.2) is 119 Å². The normalized spacial score (nSPS) is 46.6. The fourth-order valence-electron chi connectivity index (χ4n) is 12.4. The lowest BCUT2D eigenvalue weighted by Gasteiger charge is -2.69. The van der Waals surface area contributed by atoms with E-state index in [-0.39, 0.29) is 47.8 Å². The molecule has 7 rings (SSSR count). The van der Waals surface area contributed by atoms with Crippen LogP contribution in [0.15, 0.2) is 24.3 Å². The first kappa shape index (κ1) is 32.3. The van der Waals surface area contributed by atoms with Crippen LogP contribution in [0.3, 0.4) is 0 Å². The van der Waals surface area contributed by atoms with Crippen LogP contribution in [0.5, 0.6) is 5.75 Å². The van der Waals surface area contributed by atoms with Crippen molar-refractivity contribution in [2.45, 2.75) is 81.2 Å². The molecule has 4 unspecified atom stereocenters. The van der Waals surface area contributed by atoms with Gasteiger partial charge in [-0.15, -0.1) is 0 Å². The molecule has 46 heavy (non-hydrogen) atoms. The molecule has 0 aromatic heterocycles. The molecule has 6 fully saturated rings. The van der Waals surface area contributed by atoms with Gasteiger partial charge in [0.1, 0.15) is 23.1 Å². The molecule has 1 aromatic rings. The molecular weight excluding hydrogens is 594 g/mol. The Bertz CT molecular complexity index is 1360. The Hall–Kier alpha value is -2.28. The second-order valence-electron chi connectivity index (χ2n) is 14.6. The number of nitrogens with zero attached hydrogens (tertiary/aromatic N) is 1. The summed E-state index contributed by atoms with van der Waals surface area (Å²) in [5.74, 6) is -1.38. The number of carbonyl (C=O) groups is 2. The van der Waals surface area contributed by atoms with Gasteiger partial charge in [0.05, 0.1) is 37.6 Å². The minimum atomic E-state index is -1.51. The number of carbonyl (C=O) groups excluding carboxylic acids is 2. The zero-order chi connectivity index (χ0) is 32.8. The molecule has 5 aliphatic carbocycles. The first-order valence-corrected chi connectivity index (χ1v) is 16.6. The highest BCUT2D eigenvalue weighted by atomic mass is 16.6. The van der Waals surface area contributed by atoms with Crippen LogP contribution in [0.1, 0.15) is 49.9 Å². The number of rotatable bonds is 10. The summed E-state index contributed by atoms with van der Waals surface area (Å²) in [6.07, 6.45) is 0.142. The molecule has 254 valence electrons. The van der Waals surface area contributed by atoms with Crippen molar-refractivity contribution in [3.8, 4) is 5.75 Å². The van der Waals surface area contributed by atoms with Crippen LogP contribution in [0.4, 0.5) is 0 Å². The van der Waals surface area contributed by atoms with E-state index in [9.17, 15) is 14.7 Å². The Balaban J connectivity index is 1.46. The molecule has 1 aromatic carbocycles. The third kappa shape index (κ3) is 3.87. The van der Waals surface area contributed by atoms with Gasteiger partial charge in [-0.3, -0.25) is 9.69 Å². The zero-order valence-electron chi connectivity index (χ0n) is 28.0. The van der Waals surface area contributed by atoms with Crippen LogP contribution >= 0.6 is 0 Å². The van der Waals surface area contributed by atoms with Crippen LogP contribution in [-0.2, 0) is 33.2 Å². The van der Waals surface area contributed by atoms with Crippen LogP contribution in [0.2, 0.25) is 0 Å². The van der Waals surface area contributed by atoms with E-state index in [1.54, 1.807) is 59.8 Å². The molecule has 1 spiro atoms. The summed E-state index contributed by atoms with van der Waals surface area (Å²) < 4.78 is 43.6. The van der Waals surface area contributed by atoms with E-state index in [1.165, 1.54) is 6.92 Å². The number of hydrogen-bond donors (Lipinski definition) is 1. The predicted molar refractivity (Wildman–Crippen MR) is 164 cm³/mol. The lowest BCUT2D eigenvalue weighted by molar-refractivity contribution is -0.287. The van der Waals surface area contributed by atoms with Gasteiger partial charge in [-0.05, 0) is 56.0 Å². The summed E-state index contributed by atoms with van der Waals surface area (Å²) in [7, 11) is 8.44. The van der Waals surface area contributed by atoms with Crippen molar-refractivity contribution in [3.05, 3.63) is 29.8 Å². The molecule has 1 saturated heterocycles. The fourth-order valence-corrected chi connectivity index (χ4v) is 12.4. The summed E-state index contributed by atoms with van der Waals surface area (Å²) in [6, 6.07) is 6.66. The summed E-state index contributed by atoms with van der Waals surface area (Å²) in [6.45, 7) is 5.80. The Labute approximate surface area is 271 Å². The van der Waals surface area contributed by atoms with E-state index in [4.69, 9.17) is 33.2 Å². The topological polar surface area (TPSA) is 122 Å². The largest absolute Gasteiger partial charge is 0.497 e. The van der Waals surface area contributed by atoms with Crippen LogP contribution < -0.4 is 4.74 Å². The molecule has 7 bridgehead atoms. The van der Waals surface area contributed by atoms with E-state index in [1.807, 2.05) is 0 Å². The van der Waals surface area contributed by atoms with Gasteiger partial charge >= 0.3 is 11.9 Å². The van der Waals surface area contributed by atoms with Crippen molar-refractivity contribution in [2.24, 2.45) is 34.5 Å². The third-order valence-corrected chi connectivity index (χ3v) is 13.3. The maximum Gasteiger partial charge on any atom is 0.338 e. The highest BCUT2D eigenvalue weighted by Gasteiger charge is 2.89. The number of likely N-dealkylation sites (tertiary alicyclic amines) is 1. The first-order valence-electron chi connectivity index (χ1n) is 16.6. The van der Waals surface area contributed by atoms with Crippen molar-refractivity contribution < 1.29 is 47.9 Å². The standard InChI is InChI=1S/C35H49NO10/c1-8-36-17-32(18-40-3)14-13-23(42-5)35-22-15-33(39)24(43-6)16-34(46-19(2)37,26(29(35)36)27(44-7)28(32)35)25(22)30(33)45-31(38)20-9-11-21(41-4)12-10-20/h9-12,22-30,39H,8,13-18H2,1-7H3/t22-,23+,24+,25-,26?,27+,28-,29?,30?,32+,33-,34-,35?/m1/s1. The maximum atomic E-state index is 13.9. The average molecular weight is 644 g/mol. The number of ether oxygens (including phenoxy) is 7. The number of benzene rings is 1. The molecule has 11 nitrogen and oxygen atoms in total. The summed E-state index contributed by atoms with van der Waals surface area (Å²) >= 11 is 0. The number of esters is 2. The molecule has 1 N–H and O–H groups in total. The molecule has 5 saturated carbocycles. The molecule has 0 radical (unpaired) electrons. The van der Waals surface area contributed by atoms with Gasteiger partial charge in [-0.2, -0.15) is 0 Å². The lowest BCUT2D eigenvalue weighted by Crippen LogP contribution is -2.77. The van der Waals surface area contributed by atoms with Gasteiger partial charge in [0.2, 0.25) is 0 Å². The van der Waals surface area contributed by atoms with Crippen LogP contribution in [0, 0.1) is 34.5 Å². The summed E-state index contributed by atoms with van der Waals surface area (Å²) in [5, 5.41) is 12.8. The highest BCUT2D eigenvalue weighted by Crippen LogP contribution is 2.80. The highest BCUT2D eigenvalue weighted by molar-refractivity contribution is 5.89. The van der Waals surface area contributed by atoms with Gasteiger partial charge in [0, 0.05) is 83.0 Å². The molecule has 1 heterocycles. The van der Waals surface area contributed by atoms with Crippen molar-refractivity contribution in [2.75, 3.05) is 55.2 Å². The number of methoxy groups -OCH3 is 5. The van der Waals surface area contributed by atoms with Gasteiger partial charge in [-0.25, -0.2) is 4.79 Å². The Morgan fingerprint density at radius 3 is 2.28 bits per heavy atom. The number of aliphatic hydroxyl groups is 1. The first-order chi connectivity index (χ1) is 22.1. The average Bonchev–Trinajstić information content (AvgIpc) is 3.42. The van der Waals surface area contributed by atoms with Crippen molar-refractivity contribution in [1.29, 1.82) is 0 Å². The summed E-state index contributed by atoms with van der Waals surface area (Å²) in [4.78, 5) is 29.7. The zero-order valence-corrected chi connectivity index (χ0v) is 28.0. The van der Waals surface area contributed by atoms with Gasteiger partial charge in [-0.1, -0.05) is 6.92 Å². The van der Waals surface area contributed by atoms with E-state index in [0.717, 1.165) is 25.9 Å². The quantitative estimate of drug-likeness (QED) is 0.379. The summed E-state index contributed by atoms with van der Waals surface area (Å²) in [5.41, 5.74) is -3.03. The smallest absolute Gasteiger partial charge is 0.338 e. The van der Waals surface area contributed by atoms with E-state index in [2.05, 4.69) is 11.8 Å². The van der Waals surface area contributed by atoms with E-state index >= 15 is 0 Å². The number of hydrogen-bond acceptors (Lipinski definition) is 11. The van der Waals surface area contributed by atoms with Crippen LogP contribution in [0.25, 0.3) is 0 Å². The SMILES string of the molecule is CCN1C[C@]2(COC)CC[C@H](OC)C34C1C([C@H](OC)[C@@H]32)[C@@]1(OC(C)=O)C[C@H](OC)[C@]2(O)C[C@@H]4[C@@H]1C2OC(=O)c1ccc(OC)cc1. The van der Waals surface area contributed by atoms with Crippen molar-refractivity contribution >= 4 is 11.9 Å². The Morgan fingerprint density at radius 1 is 0.978 bits per heavy atom. The van der Waals surface area contributed by atoms with E-state index < -0.39 is 46.7 Å². The number of fused-ring (bicyclic) bond motifs is 2. The molecule has 11 heteroatoms. The van der Waals surface area contributed by atoms with Gasteiger partial charge in [0.25, 0.3) is 0 Å². The minimum Gasteiger partial charge on any atom is -0.497 e. The van der Waals surface area contributed by atoms with E-state index in [0.29, 0.717) is 24.3 Å². The maximum absolute atomic E-state index is 13.9. The molecule has 6 aliphatic rings. The Morgan fingerprint density at radius 2 is 1.70 bits per heavy atom. The number of piperidine rings is 1. The second-order valence-corrected chi connectivity index (χ2v) is 14.6. The van der Waals surface area contributed by atoms with Gasteiger partial charge < -0.3 is 38.3 Å². The lowest BCUT2D eigenvalue weighted by atomic mass is 9.43. The van der Waals surface area contributed by atoms with Gasteiger partial charge in [0.15, 0.2) is 0 Å². The monoisotopic (exact) mass is 643 g/mol. The second kappa shape index (κ2) is 11.1. The third-order valence-electron chi connectivity index (χ3n) is 13.3.